The Bertz CT molecular complexity index is 335. The van der Waals surface area contributed by atoms with E-state index in [4.69, 9.17) is 0 Å². The largest absolute Gasteiger partial charge is 0.152 e. The van der Waals surface area contributed by atoms with Gasteiger partial charge in [0.25, 0.3) is 0 Å². The molecule has 0 fully saturated rings. The zero-order valence-electron chi connectivity index (χ0n) is 5.58. The summed E-state index contributed by atoms with van der Waals surface area (Å²) in [5.41, 5.74) is 1.32. The minimum absolute atomic E-state index is 1.17. The second-order valence-corrected chi connectivity index (χ2v) is 4.75. The van der Waals surface area contributed by atoms with Crippen molar-refractivity contribution in [2.45, 2.75) is 0 Å². The highest BCUT2D eigenvalue weighted by molar-refractivity contribution is 9.10. The molecular weight excluding hydrogens is 240 g/mol. The van der Waals surface area contributed by atoms with Crippen LogP contribution in [0.25, 0.3) is 10.4 Å². The molecule has 2 aromatic rings. The Morgan fingerprint density at radius 3 is 2.73 bits per heavy atom. The Morgan fingerprint density at radius 2 is 2.18 bits per heavy atom. The second kappa shape index (κ2) is 3.09. The molecule has 0 aliphatic heterocycles. The first-order chi connectivity index (χ1) is 5.36. The van der Waals surface area contributed by atoms with Crippen LogP contribution in [-0.4, -0.2) is 0 Å². The van der Waals surface area contributed by atoms with Crippen molar-refractivity contribution >= 4 is 38.6 Å². The van der Waals surface area contributed by atoms with E-state index in [-0.39, 0.29) is 0 Å². The summed E-state index contributed by atoms with van der Waals surface area (Å²) >= 11 is 6.93. The fourth-order valence-corrected chi connectivity index (χ4v) is 3.03. The minimum atomic E-state index is 1.17. The van der Waals surface area contributed by atoms with E-state index in [2.05, 4.69) is 44.2 Å². The average molecular weight is 245 g/mol. The molecule has 0 spiro atoms. The molecule has 56 valence electrons. The molecule has 2 heterocycles. The number of halogens is 1. The summed E-state index contributed by atoms with van der Waals surface area (Å²) in [7, 11) is 0. The predicted octanol–water partition coefficient (Wildman–Crippen LogP) is 4.24. The van der Waals surface area contributed by atoms with Crippen LogP contribution in [0, 0.1) is 0 Å². The Labute approximate surface area is 81.6 Å². The molecule has 0 aliphatic rings. The zero-order chi connectivity index (χ0) is 7.68. The van der Waals surface area contributed by atoms with Gasteiger partial charge in [-0.1, -0.05) is 0 Å². The Kier molecular flexibility index (Phi) is 2.11. The van der Waals surface area contributed by atoms with Gasteiger partial charge in [0, 0.05) is 20.3 Å². The summed E-state index contributed by atoms with van der Waals surface area (Å²) in [6.07, 6.45) is 0. The second-order valence-electron chi connectivity index (χ2n) is 2.14. The van der Waals surface area contributed by atoms with Crippen LogP contribution >= 0.6 is 38.6 Å². The number of hydrogen-bond donors (Lipinski definition) is 0. The van der Waals surface area contributed by atoms with Crippen LogP contribution < -0.4 is 0 Å². The van der Waals surface area contributed by atoms with E-state index in [0.717, 1.165) is 0 Å². The minimum Gasteiger partial charge on any atom is -0.152 e. The maximum absolute atomic E-state index is 3.43. The van der Waals surface area contributed by atoms with Crippen LogP contribution in [0.15, 0.2) is 32.7 Å². The fourth-order valence-electron chi connectivity index (χ4n) is 0.869. The summed E-state index contributed by atoms with van der Waals surface area (Å²) in [6, 6.07) is 4.29. The monoisotopic (exact) mass is 244 g/mol. The third kappa shape index (κ3) is 1.55. The Balaban J connectivity index is 2.45. The molecule has 0 aromatic carbocycles. The summed E-state index contributed by atoms with van der Waals surface area (Å²) < 4.78 is 1.17. The highest BCUT2D eigenvalue weighted by Gasteiger charge is 1.99. The number of rotatable bonds is 1. The molecule has 0 saturated carbocycles. The summed E-state index contributed by atoms with van der Waals surface area (Å²) in [5, 5.41) is 6.37. The average Bonchev–Trinajstić information content (AvgIpc) is 2.55. The van der Waals surface area contributed by atoms with Crippen molar-refractivity contribution in [2.75, 3.05) is 0 Å². The molecule has 0 atom stereocenters. The van der Waals surface area contributed by atoms with E-state index in [1.54, 1.807) is 22.7 Å². The maximum atomic E-state index is 3.43. The first kappa shape index (κ1) is 7.53. The SMILES string of the molecule is Brc1csc(-c2ccsc2)c1. The zero-order valence-corrected chi connectivity index (χ0v) is 8.80. The van der Waals surface area contributed by atoms with Crippen LogP contribution in [0.3, 0.4) is 0 Å². The fraction of sp³-hybridized carbons (Fsp3) is 0. The Hall–Kier alpha value is -0.120. The smallest absolute Gasteiger partial charge is 0.0362 e. The molecule has 0 N–H and O–H groups in total. The van der Waals surface area contributed by atoms with Gasteiger partial charge in [0.2, 0.25) is 0 Å². The third-order valence-corrected chi connectivity index (χ3v) is 3.80. The highest BCUT2D eigenvalue weighted by Crippen LogP contribution is 2.30. The highest BCUT2D eigenvalue weighted by atomic mass is 79.9. The molecule has 2 aromatic heterocycles. The normalized spacial score (nSPS) is 10.3. The third-order valence-electron chi connectivity index (χ3n) is 1.37. The van der Waals surface area contributed by atoms with E-state index in [9.17, 15) is 0 Å². The number of thiophene rings is 2. The lowest BCUT2D eigenvalue weighted by Crippen LogP contribution is -1.59. The van der Waals surface area contributed by atoms with Crippen LogP contribution in [0.4, 0.5) is 0 Å². The lowest BCUT2D eigenvalue weighted by atomic mass is 10.3. The summed E-state index contributed by atoms with van der Waals surface area (Å²) in [5.74, 6) is 0. The van der Waals surface area contributed by atoms with Gasteiger partial charge in [0.15, 0.2) is 0 Å². The van der Waals surface area contributed by atoms with Crippen LogP contribution in [0.5, 0.6) is 0 Å². The number of hydrogen-bond acceptors (Lipinski definition) is 2. The van der Waals surface area contributed by atoms with E-state index >= 15 is 0 Å². The molecule has 0 unspecified atom stereocenters. The van der Waals surface area contributed by atoms with Crippen molar-refractivity contribution in [3.8, 4) is 10.4 Å². The van der Waals surface area contributed by atoms with Gasteiger partial charge in [0.1, 0.15) is 0 Å². The van der Waals surface area contributed by atoms with Gasteiger partial charge in [-0.3, -0.25) is 0 Å². The molecule has 0 amide bonds. The summed E-state index contributed by atoms with van der Waals surface area (Å²) in [6.45, 7) is 0. The van der Waals surface area contributed by atoms with Crippen molar-refractivity contribution in [3.05, 3.63) is 32.7 Å². The van der Waals surface area contributed by atoms with Crippen molar-refractivity contribution in [3.63, 3.8) is 0 Å². The van der Waals surface area contributed by atoms with Crippen LogP contribution in [-0.2, 0) is 0 Å². The summed E-state index contributed by atoms with van der Waals surface area (Å²) in [4.78, 5) is 1.33. The molecular formula is C8H5BrS2. The van der Waals surface area contributed by atoms with Gasteiger partial charge < -0.3 is 0 Å². The van der Waals surface area contributed by atoms with Crippen molar-refractivity contribution in [1.82, 2.24) is 0 Å². The van der Waals surface area contributed by atoms with Gasteiger partial charge in [0.05, 0.1) is 0 Å². The molecule has 3 heteroatoms. The maximum Gasteiger partial charge on any atom is 0.0362 e. The van der Waals surface area contributed by atoms with Crippen molar-refractivity contribution in [1.29, 1.82) is 0 Å². The van der Waals surface area contributed by atoms with Gasteiger partial charge in [-0.2, -0.15) is 11.3 Å². The standard InChI is InChI=1S/C8H5BrS2/c9-7-3-8(11-5-7)6-1-2-10-4-6/h1-5H. The van der Waals surface area contributed by atoms with E-state index in [1.807, 2.05) is 0 Å². The van der Waals surface area contributed by atoms with Crippen molar-refractivity contribution in [2.24, 2.45) is 0 Å². The lowest BCUT2D eigenvalue weighted by molar-refractivity contribution is 1.84. The molecule has 0 saturated heterocycles. The quantitative estimate of drug-likeness (QED) is 0.704. The first-order valence-electron chi connectivity index (χ1n) is 3.13. The molecule has 0 aliphatic carbocycles. The molecule has 0 nitrogen and oxygen atoms in total. The molecule has 11 heavy (non-hydrogen) atoms. The Morgan fingerprint density at radius 1 is 1.27 bits per heavy atom. The first-order valence-corrected chi connectivity index (χ1v) is 5.74. The van der Waals surface area contributed by atoms with Crippen LogP contribution in [0.1, 0.15) is 0 Å². The molecule has 2 rings (SSSR count). The van der Waals surface area contributed by atoms with Gasteiger partial charge >= 0.3 is 0 Å². The van der Waals surface area contributed by atoms with E-state index < -0.39 is 0 Å². The van der Waals surface area contributed by atoms with Gasteiger partial charge in [-0.25, -0.2) is 0 Å². The predicted molar refractivity (Wildman–Crippen MR) is 55.3 cm³/mol. The lowest BCUT2D eigenvalue weighted by Gasteiger charge is -1.85. The van der Waals surface area contributed by atoms with Gasteiger partial charge in [-0.05, 0) is 38.8 Å². The van der Waals surface area contributed by atoms with Gasteiger partial charge in [-0.15, -0.1) is 11.3 Å². The van der Waals surface area contributed by atoms with E-state index in [0.29, 0.717) is 0 Å². The van der Waals surface area contributed by atoms with Crippen LogP contribution in [0.2, 0.25) is 0 Å². The molecule has 0 radical (unpaired) electrons. The topological polar surface area (TPSA) is 0 Å². The van der Waals surface area contributed by atoms with Crippen molar-refractivity contribution < 1.29 is 0 Å². The molecule has 0 bridgehead atoms. The van der Waals surface area contributed by atoms with E-state index in [1.165, 1.54) is 14.9 Å².